The SMILES string of the molecule is CCCNc1cc(C(=O)Nc2cc(C)cc(F)c2)ccn1. The topological polar surface area (TPSA) is 54.0 Å². The summed E-state index contributed by atoms with van der Waals surface area (Å²) in [5.41, 5.74) is 1.67. The fourth-order valence-corrected chi connectivity index (χ4v) is 1.93. The van der Waals surface area contributed by atoms with Crippen LogP contribution in [-0.2, 0) is 0 Å². The lowest BCUT2D eigenvalue weighted by Crippen LogP contribution is -2.13. The van der Waals surface area contributed by atoms with Gasteiger partial charge in [-0.25, -0.2) is 9.37 Å². The van der Waals surface area contributed by atoms with Crippen LogP contribution >= 0.6 is 0 Å². The van der Waals surface area contributed by atoms with E-state index in [-0.39, 0.29) is 11.7 Å². The third kappa shape index (κ3) is 4.27. The Morgan fingerprint density at radius 2 is 2.10 bits per heavy atom. The Morgan fingerprint density at radius 3 is 2.81 bits per heavy atom. The molecule has 1 aromatic heterocycles. The molecule has 0 bridgehead atoms. The van der Waals surface area contributed by atoms with Crippen molar-refractivity contribution < 1.29 is 9.18 Å². The second-order valence-corrected chi connectivity index (χ2v) is 4.83. The predicted octanol–water partition coefficient (Wildman–Crippen LogP) is 3.60. The maximum Gasteiger partial charge on any atom is 0.255 e. The Kier molecular flexibility index (Phi) is 4.87. The molecule has 0 spiro atoms. The van der Waals surface area contributed by atoms with Gasteiger partial charge < -0.3 is 10.6 Å². The Balaban J connectivity index is 2.12. The van der Waals surface area contributed by atoms with Gasteiger partial charge in [0.05, 0.1) is 0 Å². The summed E-state index contributed by atoms with van der Waals surface area (Å²) in [4.78, 5) is 16.3. The van der Waals surface area contributed by atoms with Crippen LogP contribution in [0.5, 0.6) is 0 Å². The number of aryl methyl sites for hydroxylation is 1. The van der Waals surface area contributed by atoms with Crippen LogP contribution in [0.3, 0.4) is 0 Å². The van der Waals surface area contributed by atoms with Crippen molar-refractivity contribution in [1.82, 2.24) is 4.98 Å². The summed E-state index contributed by atoms with van der Waals surface area (Å²) in [5, 5.41) is 5.81. The smallest absolute Gasteiger partial charge is 0.255 e. The average Bonchev–Trinajstić information content (AvgIpc) is 2.44. The number of halogens is 1. The number of nitrogens with one attached hydrogen (secondary N) is 2. The van der Waals surface area contributed by atoms with Gasteiger partial charge in [-0.15, -0.1) is 0 Å². The molecule has 110 valence electrons. The highest BCUT2D eigenvalue weighted by Crippen LogP contribution is 2.15. The summed E-state index contributed by atoms with van der Waals surface area (Å²) >= 11 is 0. The number of hydrogen-bond acceptors (Lipinski definition) is 3. The Labute approximate surface area is 123 Å². The van der Waals surface area contributed by atoms with E-state index in [1.807, 2.05) is 0 Å². The van der Waals surface area contributed by atoms with Crippen LogP contribution in [-0.4, -0.2) is 17.4 Å². The van der Waals surface area contributed by atoms with Crippen LogP contribution in [0, 0.1) is 12.7 Å². The van der Waals surface area contributed by atoms with Gasteiger partial charge in [-0.05, 0) is 49.2 Å². The van der Waals surface area contributed by atoms with Crippen LogP contribution in [0.4, 0.5) is 15.9 Å². The first kappa shape index (κ1) is 15.0. The maximum atomic E-state index is 13.3. The standard InChI is InChI=1S/C16H18FN3O/c1-3-5-18-15-9-12(4-6-19-15)16(21)20-14-8-11(2)7-13(17)10-14/h4,6-10H,3,5H2,1-2H3,(H,18,19)(H,20,21). The summed E-state index contributed by atoms with van der Waals surface area (Å²) in [6.07, 6.45) is 2.55. The molecule has 0 aliphatic rings. The average molecular weight is 287 g/mol. The lowest BCUT2D eigenvalue weighted by molar-refractivity contribution is 0.102. The molecule has 0 saturated heterocycles. The molecule has 21 heavy (non-hydrogen) atoms. The van der Waals surface area contributed by atoms with Crippen molar-refractivity contribution in [3.8, 4) is 0 Å². The molecule has 2 aromatic rings. The number of pyridine rings is 1. The van der Waals surface area contributed by atoms with Crippen molar-refractivity contribution >= 4 is 17.4 Å². The van der Waals surface area contributed by atoms with Crippen LogP contribution in [0.2, 0.25) is 0 Å². The quantitative estimate of drug-likeness (QED) is 0.883. The lowest BCUT2D eigenvalue weighted by atomic mass is 10.2. The summed E-state index contributed by atoms with van der Waals surface area (Å²) in [6.45, 7) is 4.62. The minimum absolute atomic E-state index is 0.290. The Hall–Kier alpha value is -2.43. The molecule has 1 heterocycles. The second-order valence-electron chi connectivity index (χ2n) is 4.83. The van der Waals surface area contributed by atoms with Gasteiger partial charge in [-0.3, -0.25) is 4.79 Å². The highest BCUT2D eigenvalue weighted by molar-refractivity contribution is 6.04. The van der Waals surface area contributed by atoms with E-state index in [9.17, 15) is 9.18 Å². The molecule has 5 heteroatoms. The van der Waals surface area contributed by atoms with Gasteiger partial charge in [-0.2, -0.15) is 0 Å². The summed E-state index contributed by atoms with van der Waals surface area (Å²) in [6, 6.07) is 7.73. The zero-order valence-corrected chi connectivity index (χ0v) is 12.1. The van der Waals surface area contributed by atoms with E-state index in [1.165, 1.54) is 12.1 Å². The molecule has 4 nitrogen and oxygen atoms in total. The van der Waals surface area contributed by atoms with Crippen molar-refractivity contribution in [2.45, 2.75) is 20.3 Å². The highest BCUT2D eigenvalue weighted by Gasteiger charge is 2.08. The minimum Gasteiger partial charge on any atom is -0.370 e. The minimum atomic E-state index is -0.370. The first-order chi connectivity index (χ1) is 10.1. The molecule has 0 unspecified atom stereocenters. The van der Waals surface area contributed by atoms with Crippen LogP contribution in [0.15, 0.2) is 36.5 Å². The first-order valence-electron chi connectivity index (χ1n) is 6.87. The van der Waals surface area contributed by atoms with E-state index < -0.39 is 0 Å². The van der Waals surface area contributed by atoms with Gasteiger partial charge in [0.2, 0.25) is 0 Å². The van der Waals surface area contributed by atoms with Crippen LogP contribution < -0.4 is 10.6 Å². The van der Waals surface area contributed by atoms with Gasteiger partial charge in [0.25, 0.3) is 5.91 Å². The normalized spacial score (nSPS) is 10.2. The molecule has 1 aromatic carbocycles. The monoisotopic (exact) mass is 287 g/mol. The van der Waals surface area contributed by atoms with Crippen molar-refractivity contribution in [2.24, 2.45) is 0 Å². The second kappa shape index (κ2) is 6.83. The number of nitrogens with zero attached hydrogens (tertiary/aromatic N) is 1. The largest absolute Gasteiger partial charge is 0.370 e. The van der Waals surface area contributed by atoms with E-state index >= 15 is 0 Å². The molecule has 1 amide bonds. The third-order valence-electron chi connectivity index (χ3n) is 2.88. The van der Waals surface area contributed by atoms with Gasteiger partial charge >= 0.3 is 0 Å². The molecule has 0 aliphatic heterocycles. The fraction of sp³-hybridized carbons (Fsp3) is 0.250. The number of benzene rings is 1. The zero-order chi connectivity index (χ0) is 15.2. The molecule has 2 rings (SSSR count). The van der Waals surface area contributed by atoms with E-state index in [4.69, 9.17) is 0 Å². The van der Waals surface area contributed by atoms with Crippen molar-refractivity contribution in [1.29, 1.82) is 0 Å². The molecule has 0 radical (unpaired) electrons. The Morgan fingerprint density at radius 1 is 1.29 bits per heavy atom. The number of hydrogen-bond donors (Lipinski definition) is 2. The van der Waals surface area contributed by atoms with Crippen LogP contribution in [0.25, 0.3) is 0 Å². The number of anilines is 2. The number of carbonyl (C=O) groups is 1. The van der Waals surface area contributed by atoms with Crippen molar-refractivity contribution in [2.75, 3.05) is 17.2 Å². The fourth-order valence-electron chi connectivity index (χ4n) is 1.93. The molecule has 0 atom stereocenters. The van der Waals surface area contributed by atoms with E-state index in [2.05, 4.69) is 22.5 Å². The summed E-state index contributed by atoms with van der Waals surface area (Å²) in [7, 11) is 0. The van der Waals surface area contributed by atoms with Gasteiger partial charge in [0, 0.05) is 24.0 Å². The molecular formula is C16H18FN3O. The number of amides is 1. The number of aromatic nitrogens is 1. The summed E-state index contributed by atoms with van der Waals surface area (Å²) in [5.74, 6) is -0.00722. The molecular weight excluding hydrogens is 269 g/mol. The molecule has 0 aliphatic carbocycles. The predicted molar refractivity (Wildman–Crippen MR) is 82.1 cm³/mol. The first-order valence-corrected chi connectivity index (χ1v) is 6.87. The molecule has 2 N–H and O–H groups in total. The lowest BCUT2D eigenvalue weighted by Gasteiger charge is -2.08. The van der Waals surface area contributed by atoms with Crippen LogP contribution in [0.1, 0.15) is 29.3 Å². The zero-order valence-electron chi connectivity index (χ0n) is 12.1. The van der Waals surface area contributed by atoms with Gasteiger partial charge in [0.15, 0.2) is 0 Å². The van der Waals surface area contributed by atoms with E-state index in [0.29, 0.717) is 17.1 Å². The molecule has 0 saturated carbocycles. The van der Waals surface area contributed by atoms with Gasteiger partial charge in [0.1, 0.15) is 11.6 Å². The number of rotatable bonds is 5. The van der Waals surface area contributed by atoms with E-state index in [1.54, 1.807) is 31.3 Å². The molecule has 0 fully saturated rings. The maximum absolute atomic E-state index is 13.3. The van der Waals surface area contributed by atoms with Crippen molar-refractivity contribution in [3.05, 3.63) is 53.5 Å². The number of carbonyl (C=O) groups excluding carboxylic acids is 1. The Bertz CT molecular complexity index is 623. The summed E-state index contributed by atoms with van der Waals surface area (Å²) < 4.78 is 13.3. The highest BCUT2D eigenvalue weighted by atomic mass is 19.1. The van der Waals surface area contributed by atoms with Gasteiger partial charge in [-0.1, -0.05) is 6.92 Å². The van der Waals surface area contributed by atoms with E-state index in [0.717, 1.165) is 18.5 Å². The van der Waals surface area contributed by atoms with Crippen molar-refractivity contribution in [3.63, 3.8) is 0 Å². The third-order valence-corrected chi connectivity index (χ3v) is 2.88.